The highest BCUT2D eigenvalue weighted by molar-refractivity contribution is 6.36. The molecule has 3 N–H and O–H groups in total. The molecule has 2 atom stereocenters. The van der Waals surface area contributed by atoms with E-state index in [2.05, 4.69) is 60.2 Å². The number of hydrogen-bond acceptors (Lipinski definition) is 14. The largest absolute Gasteiger partial charge is 0.495 e. The number of halogens is 6. The molecule has 664 valence electrons. The van der Waals surface area contributed by atoms with Crippen LogP contribution in [0.15, 0.2) is 231 Å². The topological polar surface area (TPSA) is 174 Å². The number of piperidine rings is 1. The smallest absolute Gasteiger partial charge is 0.253 e. The van der Waals surface area contributed by atoms with Gasteiger partial charge in [-0.3, -0.25) is 29.1 Å². The van der Waals surface area contributed by atoms with Crippen molar-refractivity contribution in [1.82, 2.24) is 54.2 Å². The highest BCUT2D eigenvalue weighted by atomic mass is 35.5. The molecule has 0 radical (unpaired) electrons. The van der Waals surface area contributed by atoms with Crippen LogP contribution in [0.2, 0.25) is 25.1 Å². The number of rotatable bonds is 34. The van der Waals surface area contributed by atoms with Crippen LogP contribution in [-0.4, -0.2) is 194 Å². The van der Waals surface area contributed by atoms with Crippen molar-refractivity contribution in [3.8, 4) is 34.5 Å². The van der Waals surface area contributed by atoms with Gasteiger partial charge in [-0.25, -0.2) is 4.39 Å². The van der Waals surface area contributed by atoms with E-state index in [4.69, 9.17) is 86.4 Å². The lowest BCUT2D eigenvalue weighted by molar-refractivity contribution is 0.0481. The monoisotopic (exact) mass is 1810 g/mol. The van der Waals surface area contributed by atoms with Crippen LogP contribution in [-0.2, 0) is 39.3 Å². The second-order valence-electron chi connectivity index (χ2n) is 32.7. The Hall–Kier alpha value is -10.5. The first-order valence-corrected chi connectivity index (χ1v) is 45.7. The van der Waals surface area contributed by atoms with Crippen molar-refractivity contribution < 1.29 is 47.2 Å². The van der Waals surface area contributed by atoms with Gasteiger partial charge in [0.1, 0.15) is 59.6 Å². The molecule has 4 fully saturated rings. The molecule has 4 aliphatic heterocycles. The molecule has 0 spiro atoms. The number of hydrogen-bond donors (Lipinski definition) is 3. The Bertz CT molecular complexity index is 5870. The molecule has 4 aliphatic rings. The molecule has 0 saturated carbocycles. The van der Waals surface area contributed by atoms with Gasteiger partial charge in [0.15, 0.2) is 0 Å². The number of aryl methyl sites for hydroxylation is 3. The number of benzene rings is 10. The molecule has 10 aromatic carbocycles. The van der Waals surface area contributed by atoms with E-state index in [-0.39, 0.29) is 29.6 Å². The minimum Gasteiger partial charge on any atom is -0.495 e. The van der Waals surface area contributed by atoms with Crippen LogP contribution in [0.3, 0.4) is 0 Å². The predicted molar refractivity (Wildman–Crippen MR) is 508 cm³/mol. The maximum Gasteiger partial charge on any atom is 0.253 e. The van der Waals surface area contributed by atoms with Gasteiger partial charge < -0.3 is 67.9 Å². The average molecular weight is 1820 g/mol. The molecule has 17 rings (SSSR count). The molecule has 3 amide bonds. The summed E-state index contributed by atoms with van der Waals surface area (Å²) < 4.78 is 55.1. The Morgan fingerprint density at radius 1 is 0.370 bits per heavy atom. The average Bonchev–Trinajstić information content (AvgIpc) is 1.64. The number of fused-ring (bicyclic) bond motifs is 6. The SMILES string of the molecule is COc1cccc2c(C(=O)NCc3cccc(Cl)c3)cn(CCCN3C4CCC3CC(Oc3ccc(F)cc3)C4)c12.COc1cccc2c(C(=O)NCc3cccc(Cl)c3)cn(CCCN3CCN(CCOc4ccc(Cl)c5ccccc45)CC3)c12.COc1cccc2c(C(=O)NCc3cccc(Cl)c3)cn(CCCN3CCN(CCOc4ccc(Cl)cc4)CC3)c12. The lowest BCUT2D eigenvalue weighted by atomic mass is 9.99. The maximum atomic E-state index is 13.3. The zero-order valence-corrected chi connectivity index (χ0v) is 75.8. The minimum atomic E-state index is -0.245. The highest BCUT2D eigenvalue weighted by Crippen LogP contribution is 2.40. The van der Waals surface area contributed by atoms with Crippen LogP contribution in [0, 0.1) is 5.82 Å². The van der Waals surface area contributed by atoms with Crippen LogP contribution >= 0.6 is 58.0 Å². The Kier molecular flexibility index (Phi) is 31.9. The van der Waals surface area contributed by atoms with Gasteiger partial charge in [0.2, 0.25) is 0 Å². The normalized spacial score (nSPS) is 16.2. The summed E-state index contributed by atoms with van der Waals surface area (Å²) in [7, 11) is 5.01. The summed E-state index contributed by atoms with van der Waals surface area (Å²) in [5, 5.41) is 17.3. The van der Waals surface area contributed by atoms with E-state index in [0.717, 1.165) is 237 Å². The summed E-state index contributed by atoms with van der Waals surface area (Å²) in [6.45, 7) is 17.9. The van der Waals surface area contributed by atoms with Gasteiger partial charge in [0, 0.05) is 194 Å². The van der Waals surface area contributed by atoms with E-state index >= 15 is 0 Å². The standard InChI is InChI=1S/C36H38Cl2N4O3.C33H35ClFN3O3.C32H36Cl2N4O3/c1-44-34-12-5-11-30-31(36(43)39-24-26-7-4-8-27(37)23-26)25-42(35(30)34)16-6-15-40-17-19-41(20-18-40)21-22-45-33-14-13-32(38)28-9-2-3-10-29(28)33;1-40-31-8-3-7-29-30(33(39)36-20-22-5-2-6-23(34)17-22)21-37(32(29)31)15-4-16-38-25-11-12-26(38)19-28(18-25)41-27-13-9-24(35)10-14-27;1-40-30-8-3-7-28-29(32(39)35-22-24-5-2-6-26(34)21-24)23-38(31(28)30)14-4-13-36-15-17-37(18-16-36)19-20-41-27-11-9-25(33)10-12-27/h2-5,7-14,23,25H,6,15-22,24H2,1H3,(H,39,43);2-3,5-10,13-14,17,21,25-26,28H,4,11-12,15-16,18-20H2,1H3,(H,36,39);2-3,5-12,21,23H,4,13-20,22H2,1H3,(H,35,39). The van der Waals surface area contributed by atoms with Crippen molar-refractivity contribution in [2.45, 2.75) is 102 Å². The number of amides is 3. The molecule has 20 nitrogen and oxygen atoms in total. The molecule has 127 heavy (non-hydrogen) atoms. The zero-order valence-electron chi connectivity index (χ0n) is 72.0. The summed E-state index contributed by atoms with van der Waals surface area (Å²) in [6, 6.07) is 67.0. The van der Waals surface area contributed by atoms with E-state index in [1.807, 2.05) is 201 Å². The third-order valence-electron chi connectivity index (χ3n) is 24.4. The van der Waals surface area contributed by atoms with Crippen LogP contribution in [0.5, 0.6) is 34.5 Å². The van der Waals surface area contributed by atoms with Crippen LogP contribution < -0.4 is 44.4 Å². The molecule has 26 heteroatoms. The first-order valence-electron chi connectivity index (χ1n) is 43.8. The van der Waals surface area contributed by atoms with Crippen LogP contribution in [0.25, 0.3) is 43.5 Å². The summed E-state index contributed by atoms with van der Waals surface area (Å²) in [5.41, 5.74) is 7.65. The molecule has 2 bridgehead atoms. The molecule has 2 unspecified atom stereocenters. The Morgan fingerprint density at radius 2 is 0.748 bits per heavy atom. The predicted octanol–water partition coefficient (Wildman–Crippen LogP) is 19.9. The second-order valence-corrected chi connectivity index (χ2v) is 34.8. The van der Waals surface area contributed by atoms with E-state index in [1.165, 1.54) is 25.0 Å². The fraction of sp³-hybridized carbons (Fsp3) is 0.337. The van der Waals surface area contributed by atoms with E-state index in [9.17, 15) is 18.8 Å². The van der Waals surface area contributed by atoms with Gasteiger partial charge in [-0.15, -0.1) is 0 Å². The molecule has 0 aliphatic carbocycles. The number of para-hydroxylation sites is 3. The highest BCUT2D eigenvalue weighted by Gasteiger charge is 2.41. The van der Waals surface area contributed by atoms with Crippen molar-refractivity contribution in [3.05, 3.63) is 295 Å². The van der Waals surface area contributed by atoms with E-state index in [1.54, 1.807) is 33.5 Å². The molecular formula is C101H109Cl5FN11O9. The minimum absolute atomic E-state index is 0.113. The van der Waals surface area contributed by atoms with Gasteiger partial charge in [-0.1, -0.05) is 155 Å². The summed E-state index contributed by atoms with van der Waals surface area (Å²) in [5.74, 6) is 4.17. The summed E-state index contributed by atoms with van der Waals surface area (Å²) >= 11 is 30.6. The summed E-state index contributed by atoms with van der Waals surface area (Å²) in [4.78, 5) is 52.4. The van der Waals surface area contributed by atoms with Crippen molar-refractivity contribution in [1.29, 1.82) is 0 Å². The van der Waals surface area contributed by atoms with Crippen molar-refractivity contribution in [2.75, 3.05) is 120 Å². The number of carbonyl (C=O) groups excluding carboxylic acids is 3. The van der Waals surface area contributed by atoms with Crippen molar-refractivity contribution >= 4 is 119 Å². The number of nitrogens with zero attached hydrogens (tertiary/aromatic N) is 8. The molecule has 4 saturated heterocycles. The van der Waals surface area contributed by atoms with Gasteiger partial charge in [0.05, 0.1) is 54.6 Å². The maximum absolute atomic E-state index is 13.3. The second kappa shape index (κ2) is 44.5. The lowest BCUT2D eigenvalue weighted by Gasteiger charge is -2.39. The molecule has 3 aromatic heterocycles. The Morgan fingerprint density at radius 3 is 1.17 bits per heavy atom. The number of nitrogens with one attached hydrogen (secondary N) is 3. The number of piperazine rings is 2. The van der Waals surface area contributed by atoms with Gasteiger partial charge in [-0.2, -0.15) is 0 Å². The van der Waals surface area contributed by atoms with Gasteiger partial charge >= 0.3 is 0 Å². The molecule has 7 heterocycles. The third kappa shape index (κ3) is 23.9. The first kappa shape index (κ1) is 91.2. The fourth-order valence-electron chi connectivity index (χ4n) is 18.0. The van der Waals surface area contributed by atoms with Gasteiger partial charge in [-0.05, 0) is 190 Å². The Labute approximate surface area is 767 Å². The van der Waals surface area contributed by atoms with Crippen LogP contribution in [0.4, 0.5) is 4.39 Å². The first-order chi connectivity index (χ1) is 62.0. The lowest BCUT2D eigenvalue weighted by Crippen LogP contribution is -2.47. The fourth-order valence-corrected chi connectivity index (χ4v) is 19.0. The molecular weight excluding hydrogens is 1710 g/mol. The number of methoxy groups -OCH3 is 3. The zero-order chi connectivity index (χ0) is 88.1. The number of carbonyl (C=O) groups is 3. The van der Waals surface area contributed by atoms with E-state index in [0.29, 0.717) is 81.7 Å². The van der Waals surface area contributed by atoms with E-state index < -0.39 is 0 Å². The van der Waals surface area contributed by atoms with Crippen molar-refractivity contribution in [2.24, 2.45) is 0 Å². The van der Waals surface area contributed by atoms with Crippen LogP contribution in [0.1, 0.15) is 92.7 Å². The summed E-state index contributed by atoms with van der Waals surface area (Å²) in [6.07, 6.45) is 13.3. The number of aromatic nitrogens is 3. The van der Waals surface area contributed by atoms with Crippen molar-refractivity contribution in [3.63, 3.8) is 0 Å². The number of ether oxygens (including phenoxy) is 6. The third-order valence-corrected chi connectivity index (χ3v) is 25.7. The quantitative estimate of drug-likeness (QED) is 0.0348. The Balaban J connectivity index is 0.000000147. The molecule has 13 aromatic rings. The van der Waals surface area contributed by atoms with Gasteiger partial charge in [0.25, 0.3) is 17.7 Å².